The second kappa shape index (κ2) is 11.7. The zero-order chi connectivity index (χ0) is 24.7. The fraction of sp³-hybridized carbons (Fsp3) is 0.423. The van der Waals surface area contributed by atoms with Crippen molar-refractivity contribution in [3.63, 3.8) is 0 Å². The maximum atomic E-state index is 13.6. The first-order valence-electron chi connectivity index (χ1n) is 11.6. The van der Waals surface area contributed by atoms with Crippen LogP contribution in [-0.4, -0.2) is 60.9 Å². The molecule has 1 N–H and O–H groups in total. The number of carbonyl (C=O) groups excluding carboxylic acids is 2. The highest BCUT2D eigenvalue weighted by atomic mass is 19.1. The van der Waals surface area contributed by atoms with Gasteiger partial charge in [-0.3, -0.25) is 4.79 Å². The van der Waals surface area contributed by atoms with E-state index in [0.717, 1.165) is 28.8 Å². The molecule has 0 bridgehead atoms. The number of carbonyl (C=O) groups is 2. The lowest BCUT2D eigenvalue weighted by atomic mass is 9.96. The Morgan fingerprint density at radius 3 is 2.56 bits per heavy atom. The number of hydrogen-bond acceptors (Lipinski definition) is 4. The van der Waals surface area contributed by atoms with Crippen LogP contribution in [-0.2, 0) is 9.53 Å². The van der Waals surface area contributed by atoms with Crippen molar-refractivity contribution in [3.05, 3.63) is 70.5 Å². The fourth-order valence-corrected chi connectivity index (χ4v) is 3.81. The minimum absolute atomic E-state index is 0.139. The molecule has 3 rings (SSSR count). The molecule has 34 heavy (non-hydrogen) atoms. The van der Waals surface area contributed by atoms with Crippen molar-refractivity contribution in [1.82, 2.24) is 15.2 Å². The van der Waals surface area contributed by atoms with Crippen LogP contribution in [0.2, 0.25) is 0 Å². The van der Waals surface area contributed by atoms with E-state index < -0.39 is 0 Å². The molecule has 1 atom stereocenters. The number of aryl methyl sites for hydroxylation is 2. The largest absolute Gasteiger partial charge is 0.383 e. The van der Waals surface area contributed by atoms with Crippen molar-refractivity contribution in [3.8, 4) is 0 Å². The number of methoxy groups -OCH3 is 1. The molecule has 1 heterocycles. The predicted octanol–water partition coefficient (Wildman–Crippen LogP) is 4.19. The van der Waals surface area contributed by atoms with Crippen LogP contribution in [0.3, 0.4) is 0 Å². The van der Waals surface area contributed by atoms with Crippen molar-refractivity contribution in [2.45, 2.75) is 39.7 Å². The van der Waals surface area contributed by atoms with E-state index >= 15 is 0 Å². The molecule has 2 aromatic carbocycles. The van der Waals surface area contributed by atoms with Gasteiger partial charge in [-0.05, 0) is 60.7 Å². The summed E-state index contributed by atoms with van der Waals surface area (Å²) in [7, 11) is 1.55. The molecule has 182 valence electrons. The second-order valence-corrected chi connectivity index (χ2v) is 8.50. The van der Waals surface area contributed by atoms with E-state index in [2.05, 4.69) is 16.5 Å². The third-order valence-electron chi connectivity index (χ3n) is 5.97. The molecule has 0 radical (unpaired) electrons. The number of halogens is 1. The van der Waals surface area contributed by atoms with Gasteiger partial charge in [0.1, 0.15) is 12.4 Å². The summed E-state index contributed by atoms with van der Waals surface area (Å²) in [5, 5.41) is 8.93. The standard InChI is InChI=1S/C26H33FN4O3/c1-5-12-28-26(33)30(13-14-34-4)17-25(32)31-24(20-8-10-22(27)11-9-20)16-23(29-31)21-7-6-18(2)19(3)15-21/h6-11,15,24H,5,12-14,16-17H2,1-4H3,(H,28,33)/t24-/m0/s1. The van der Waals surface area contributed by atoms with E-state index in [1.165, 1.54) is 27.6 Å². The Bertz CT molecular complexity index is 1040. The number of hydrazone groups is 1. The van der Waals surface area contributed by atoms with Crippen LogP contribution in [0.1, 0.15) is 48.1 Å². The van der Waals surface area contributed by atoms with Gasteiger partial charge < -0.3 is 15.0 Å². The molecule has 0 saturated heterocycles. The quantitative estimate of drug-likeness (QED) is 0.600. The average molecular weight is 469 g/mol. The monoisotopic (exact) mass is 468 g/mol. The molecular formula is C26H33FN4O3. The summed E-state index contributed by atoms with van der Waals surface area (Å²) in [6.45, 7) is 7.02. The van der Waals surface area contributed by atoms with Crippen molar-refractivity contribution >= 4 is 17.6 Å². The van der Waals surface area contributed by atoms with Gasteiger partial charge in [-0.1, -0.05) is 31.2 Å². The van der Waals surface area contributed by atoms with Crippen LogP contribution >= 0.6 is 0 Å². The molecule has 0 aliphatic carbocycles. The minimum Gasteiger partial charge on any atom is -0.383 e. The topological polar surface area (TPSA) is 74.2 Å². The van der Waals surface area contributed by atoms with Crippen LogP contribution in [0.4, 0.5) is 9.18 Å². The van der Waals surface area contributed by atoms with Crippen LogP contribution in [0, 0.1) is 19.7 Å². The first-order chi connectivity index (χ1) is 16.3. The van der Waals surface area contributed by atoms with Gasteiger partial charge in [0.2, 0.25) is 0 Å². The van der Waals surface area contributed by atoms with Gasteiger partial charge in [0.25, 0.3) is 5.91 Å². The molecule has 0 aromatic heterocycles. The van der Waals surface area contributed by atoms with Gasteiger partial charge in [-0.2, -0.15) is 5.10 Å². The zero-order valence-corrected chi connectivity index (χ0v) is 20.3. The summed E-state index contributed by atoms with van der Waals surface area (Å²) in [4.78, 5) is 27.5. The van der Waals surface area contributed by atoms with Gasteiger partial charge in [0.05, 0.1) is 18.4 Å². The molecule has 8 heteroatoms. The molecule has 3 amide bonds. The van der Waals surface area contributed by atoms with E-state index in [4.69, 9.17) is 4.74 Å². The number of amides is 3. The number of hydrogen-bond donors (Lipinski definition) is 1. The lowest BCUT2D eigenvalue weighted by Crippen LogP contribution is -2.47. The highest BCUT2D eigenvalue weighted by Crippen LogP contribution is 2.33. The summed E-state index contributed by atoms with van der Waals surface area (Å²) in [6, 6.07) is 11.5. The molecule has 1 aliphatic heterocycles. The first-order valence-corrected chi connectivity index (χ1v) is 11.6. The SMILES string of the molecule is CCCNC(=O)N(CCOC)CC(=O)N1N=C(c2ccc(C)c(C)c2)C[C@H]1c1ccc(F)cc1. The number of urea groups is 1. The number of ether oxygens (including phenoxy) is 1. The van der Waals surface area contributed by atoms with E-state index in [1.54, 1.807) is 19.2 Å². The lowest BCUT2D eigenvalue weighted by Gasteiger charge is -2.27. The summed E-state index contributed by atoms with van der Waals surface area (Å²) in [6.07, 6.45) is 1.29. The highest BCUT2D eigenvalue weighted by Gasteiger charge is 2.34. The Morgan fingerprint density at radius 2 is 1.91 bits per heavy atom. The number of benzene rings is 2. The van der Waals surface area contributed by atoms with Crippen molar-refractivity contribution in [2.24, 2.45) is 5.10 Å². The Hall–Kier alpha value is -3.26. The smallest absolute Gasteiger partial charge is 0.317 e. The molecule has 7 nitrogen and oxygen atoms in total. The fourth-order valence-electron chi connectivity index (χ4n) is 3.81. The lowest BCUT2D eigenvalue weighted by molar-refractivity contribution is -0.133. The number of nitrogens with zero attached hydrogens (tertiary/aromatic N) is 3. The van der Waals surface area contributed by atoms with Gasteiger partial charge in [0, 0.05) is 26.6 Å². The van der Waals surface area contributed by atoms with Crippen molar-refractivity contribution in [2.75, 3.05) is 33.4 Å². The molecule has 0 saturated carbocycles. The van der Waals surface area contributed by atoms with Gasteiger partial charge in [0.15, 0.2) is 0 Å². The normalized spacial score (nSPS) is 15.3. The van der Waals surface area contributed by atoms with E-state index in [0.29, 0.717) is 19.6 Å². The summed E-state index contributed by atoms with van der Waals surface area (Å²) < 4.78 is 18.7. The molecule has 2 aromatic rings. The molecule has 0 unspecified atom stereocenters. The maximum absolute atomic E-state index is 13.6. The second-order valence-electron chi connectivity index (χ2n) is 8.50. The van der Waals surface area contributed by atoms with Gasteiger partial charge >= 0.3 is 6.03 Å². The summed E-state index contributed by atoms with van der Waals surface area (Å²) in [5.41, 5.74) is 4.84. The molecule has 0 fully saturated rings. The Balaban J connectivity index is 1.89. The van der Waals surface area contributed by atoms with Crippen LogP contribution in [0.25, 0.3) is 0 Å². The summed E-state index contributed by atoms with van der Waals surface area (Å²) >= 11 is 0. The molecule has 1 aliphatic rings. The third kappa shape index (κ3) is 6.20. The number of nitrogens with one attached hydrogen (secondary N) is 1. The van der Waals surface area contributed by atoms with Gasteiger partial charge in [-0.25, -0.2) is 14.2 Å². The van der Waals surface area contributed by atoms with E-state index in [1.807, 2.05) is 32.9 Å². The van der Waals surface area contributed by atoms with Gasteiger partial charge in [-0.15, -0.1) is 0 Å². The zero-order valence-electron chi connectivity index (χ0n) is 20.3. The molecular weight excluding hydrogens is 435 g/mol. The minimum atomic E-state index is -0.382. The predicted molar refractivity (Wildman–Crippen MR) is 130 cm³/mol. The Labute approximate surface area is 200 Å². The van der Waals surface area contributed by atoms with E-state index in [-0.39, 0.29) is 36.9 Å². The average Bonchev–Trinajstić information content (AvgIpc) is 3.28. The van der Waals surface area contributed by atoms with Crippen LogP contribution < -0.4 is 5.32 Å². The third-order valence-corrected chi connectivity index (χ3v) is 5.97. The van der Waals surface area contributed by atoms with Crippen molar-refractivity contribution < 1.29 is 18.7 Å². The first kappa shape index (κ1) is 25.4. The summed E-state index contributed by atoms with van der Waals surface area (Å²) in [5.74, 6) is -0.649. The maximum Gasteiger partial charge on any atom is 0.317 e. The van der Waals surface area contributed by atoms with Crippen LogP contribution in [0.5, 0.6) is 0 Å². The van der Waals surface area contributed by atoms with E-state index in [9.17, 15) is 14.0 Å². The van der Waals surface area contributed by atoms with Crippen LogP contribution in [0.15, 0.2) is 47.6 Å². The van der Waals surface area contributed by atoms with Crippen molar-refractivity contribution in [1.29, 1.82) is 0 Å². The Morgan fingerprint density at radius 1 is 1.18 bits per heavy atom. The molecule has 0 spiro atoms. The highest BCUT2D eigenvalue weighted by molar-refractivity contribution is 6.03. The number of rotatable bonds is 9. The Kier molecular flexibility index (Phi) is 8.76.